The molecule has 1 heterocycles. The SMILES string of the molecule is Cc1c(C)c2c(c(C)c1S)C(=O)C(C)(I)N2C. The molecule has 1 aliphatic rings. The molecule has 0 saturated heterocycles. The maximum Gasteiger partial charge on any atom is 0.200 e. The van der Waals surface area contributed by atoms with Crippen LogP contribution in [-0.4, -0.2) is 16.4 Å². The molecule has 0 bridgehead atoms. The number of Topliss-reactive ketones (excluding diaryl/α,β-unsaturated/α-hetero) is 1. The van der Waals surface area contributed by atoms with Crippen LogP contribution in [0, 0.1) is 20.8 Å². The molecule has 0 fully saturated rings. The van der Waals surface area contributed by atoms with Gasteiger partial charge in [0.2, 0.25) is 5.78 Å². The lowest BCUT2D eigenvalue weighted by Gasteiger charge is -2.27. The fourth-order valence-electron chi connectivity index (χ4n) is 2.41. The molecule has 0 spiro atoms. The number of hydrogen-bond acceptors (Lipinski definition) is 3. The first kappa shape index (κ1) is 13.2. The van der Waals surface area contributed by atoms with E-state index in [1.807, 2.05) is 20.9 Å². The second-order valence-electron chi connectivity index (χ2n) is 4.79. The Morgan fingerprint density at radius 3 is 2.24 bits per heavy atom. The summed E-state index contributed by atoms with van der Waals surface area (Å²) in [5.41, 5.74) is 5.24. The molecule has 1 aliphatic heterocycles. The Hall–Kier alpha value is -0.230. The van der Waals surface area contributed by atoms with Gasteiger partial charge in [0.1, 0.15) is 0 Å². The number of anilines is 1. The summed E-state index contributed by atoms with van der Waals surface area (Å²) in [6.07, 6.45) is 0. The maximum atomic E-state index is 12.5. The number of carbonyl (C=O) groups is 1. The maximum absolute atomic E-state index is 12.5. The van der Waals surface area contributed by atoms with Gasteiger partial charge in [0.25, 0.3) is 0 Å². The zero-order chi connectivity index (χ0) is 13.1. The molecule has 0 N–H and O–H groups in total. The molecule has 0 amide bonds. The van der Waals surface area contributed by atoms with Crippen LogP contribution >= 0.6 is 35.2 Å². The summed E-state index contributed by atoms with van der Waals surface area (Å²) in [5, 5.41) is 0. The van der Waals surface area contributed by atoms with Gasteiger partial charge in [-0.25, -0.2) is 0 Å². The van der Waals surface area contributed by atoms with Crippen LogP contribution in [0.4, 0.5) is 5.69 Å². The van der Waals surface area contributed by atoms with E-state index in [4.69, 9.17) is 0 Å². The van der Waals surface area contributed by atoms with Crippen LogP contribution in [0.15, 0.2) is 4.90 Å². The highest BCUT2D eigenvalue weighted by atomic mass is 127. The summed E-state index contributed by atoms with van der Waals surface area (Å²) in [6, 6.07) is 0. The molecule has 1 atom stereocenters. The molecular weight excluding hydrogens is 345 g/mol. The number of rotatable bonds is 0. The zero-order valence-corrected chi connectivity index (χ0v) is 13.7. The van der Waals surface area contributed by atoms with E-state index in [1.54, 1.807) is 0 Å². The molecule has 1 unspecified atom stereocenters. The normalized spacial score (nSPS) is 23.2. The summed E-state index contributed by atoms with van der Waals surface area (Å²) in [6.45, 7) is 8.07. The molecule has 92 valence electrons. The van der Waals surface area contributed by atoms with Crippen molar-refractivity contribution >= 4 is 46.7 Å². The second kappa shape index (κ2) is 3.88. The van der Waals surface area contributed by atoms with Crippen molar-refractivity contribution in [2.45, 2.75) is 36.1 Å². The van der Waals surface area contributed by atoms with E-state index >= 15 is 0 Å². The molecule has 0 aliphatic carbocycles. The van der Waals surface area contributed by atoms with Crippen molar-refractivity contribution < 1.29 is 4.79 Å². The molecule has 1 aromatic carbocycles. The Balaban J connectivity index is 2.89. The van der Waals surface area contributed by atoms with Gasteiger partial charge >= 0.3 is 0 Å². The van der Waals surface area contributed by atoms with Gasteiger partial charge < -0.3 is 4.90 Å². The monoisotopic (exact) mass is 361 g/mol. The molecule has 4 heteroatoms. The number of likely N-dealkylation sites (N-methyl/N-ethyl adjacent to an activating group) is 1. The van der Waals surface area contributed by atoms with Crippen molar-refractivity contribution in [3.05, 3.63) is 22.3 Å². The highest BCUT2D eigenvalue weighted by molar-refractivity contribution is 14.1. The van der Waals surface area contributed by atoms with Crippen LogP contribution in [0.2, 0.25) is 0 Å². The van der Waals surface area contributed by atoms with Crippen molar-refractivity contribution in [1.29, 1.82) is 0 Å². The van der Waals surface area contributed by atoms with E-state index in [-0.39, 0.29) is 5.78 Å². The Morgan fingerprint density at radius 2 is 1.71 bits per heavy atom. The van der Waals surface area contributed by atoms with Crippen LogP contribution in [0.3, 0.4) is 0 Å². The van der Waals surface area contributed by atoms with E-state index in [1.165, 1.54) is 5.56 Å². The highest BCUT2D eigenvalue weighted by Crippen LogP contribution is 2.47. The van der Waals surface area contributed by atoms with Crippen LogP contribution in [0.5, 0.6) is 0 Å². The molecular formula is C13H16INOS. The van der Waals surface area contributed by atoms with Gasteiger partial charge in [-0.2, -0.15) is 0 Å². The standard InChI is InChI=1S/C13H16INOS/c1-6-7(2)11(17)8(3)9-10(6)15(5)13(4,14)12(9)16/h17H,1-5H3. The number of halogens is 1. The Kier molecular flexibility index (Phi) is 3.02. The summed E-state index contributed by atoms with van der Waals surface area (Å²) >= 11 is 6.76. The van der Waals surface area contributed by atoms with Crippen LogP contribution in [0.1, 0.15) is 34.0 Å². The van der Waals surface area contributed by atoms with E-state index in [9.17, 15) is 4.79 Å². The minimum absolute atomic E-state index is 0.187. The van der Waals surface area contributed by atoms with Crippen molar-refractivity contribution in [2.24, 2.45) is 0 Å². The number of alkyl halides is 1. The minimum Gasteiger partial charge on any atom is -0.353 e. The van der Waals surface area contributed by atoms with E-state index < -0.39 is 3.55 Å². The fraction of sp³-hybridized carbons (Fsp3) is 0.462. The molecule has 2 nitrogen and oxygen atoms in total. The van der Waals surface area contributed by atoms with E-state index in [2.05, 4.69) is 54.0 Å². The van der Waals surface area contributed by atoms with Gasteiger partial charge in [-0.3, -0.25) is 4.79 Å². The average Bonchev–Trinajstić information content (AvgIpc) is 2.45. The van der Waals surface area contributed by atoms with Gasteiger partial charge in [-0.15, -0.1) is 12.6 Å². The first-order valence-corrected chi connectivity index (χ1v) is 7.04. The van der Waals surface area contributed by atoms with Gasteiger partial charge in [-0.05, 0) is 67.0 Å². The van der Waals surface area contributed by atoms with Crippen molar-refractivity contribution in [1.82, 2.24) is 0 Å². The zero-order valence-electron chi connectivity index (χ0n) is 10.7. The van der Waals surface area contributed by atoms with E-state index in [0.29, 0.717) is 0 Å². The average molecular weight is 361 g/mol. The number of thiol groups is 1. The summed E-state index contributed by atoms with van der Waals surface area (Å²) in [5.74, 6) is 0.187. The summed E-state index contributed by atoms with van der Waals surface area (Å²) in [4.78, 5) is 15.5. The molecule has 1 aromatic rings. The molecule has 17 heavy (non-hydrogen) atoms. The quantitative estimate of drug-likeness (QED) is 0.329. The van der Waals surface area contributed by atoms with Crippen LogP contribution < -0.4 is 4.90 Å². The number of fused-ring (bicyclic) bond motifs is 1. The van der Waals surface area contributed by atoms with Crippen molar-refractivity contribution in [3.8, 4) is 0 Å². The number of ketones is 1. The highest BCUT2D eigenvalue weighted by Gasteiger charge is 2.46. The number of carbonyl (C=O) groups excluding carboxylic acids is 1. The fourth-order valence-corrected chi connectivity index (χ4v) is 3.20. The van der Waals surface area contributed by atoms with Gasteiger partial charge in [0.15, 0.2) is 3.55 Å². The lowest BCUT2D eigenvalue weighted by molar-refractivity contribution is 0.0971. The second-order valence-corrected chi connectivity index (χ2v) is 7.34. The number of nitrogens with zero attached hydrogens (tertiary/aromatic N) is 1. The number of hydrogen-bond donors (Lipinski definition) is 1. The first-order valence-electron chi connectivity index (χ1n) is 5.51. The Bertz CT molecular complexity index is 537. The lowest BCUT2D eigenvalue weighted by atomic mass is 9.96. The van der Waals surface area contributed by atoms with Crippen LogP contribution in [-0.2, 0) is 0 Å². The first-order chi connectivity index (χ1) is 7.71. The Labute approximate surface area is 121 Å². The van der Waals surface area contributed by atoms with Gasteiger partial charge in [0, 0.05) is 17.5 Å². The third-order valence-electron chi connectivity index (χ3n) is 3.85. The lowest BCUT2D eigenvalue weighted by Crippen LogP contribution is -2.39. The van der Waals surface area contributed by atoms with Crippen molar-refractivity contribution in [3.63, 3.8) is 0 Å². The Morgan fingerprint density at radius 1 is 1.18 bits per heavy atom. The molecule has 0 aromatic heterocycles. The minimum atomic E-state index is -0.483. The van der Waals surface area contributed by atoms with Crippen molar-refractivity contribution in [2.75, 3.05) is 11.9 Å². The van der Waals surface area contributed by atoms with Gasteiger partial charge in [0.05, 0.1) is 5.69 Å². The molecule has 2 rings (SSSR count). The number of benzene rings is 1. The topological polar surface area (TPSA) is 20.3 Å². The predicted octanol–water partition coefficient (Wildman–Crippen LogP) is 3.68. The summed E-state index contributed by atoms with van der Waals surface area (Å²) in [7, 11) is 1.99. The van der Waals surface area contributed by atoms with Gasteiger partial charge in [-0.1, -0.05) is 0 Å². The molecule has 0 saturated carbocycles. The predicted molar refractivity (Wildman–Crippen MR) is 83.1 cm³/mol. The molecule has 0 radical (unpaired) electrons. The largest absolute Gasteiger partial charge is 0.353 e. The van der Waals surface area contributed by atoms with E-state index in [0.717, 1.165) is 27.3 Å². The van der Waals surface area contributed by atoms with Crippen LogP contribution in [0.25, 0.3) is 0 Å². The summed E-state index contributed by atoms with van der Waals surface area (Å²) < 4.78 is -0.483. The smallest absolute Gasteiger partial charge is 0.200 e. The third-order valence-corrected chi connectivity index (χ3v) is 5.73. The third kappa shape index (κ3) is 1.56.